The maximum atomic E-state index is 13.4. The van der Waals surface area contributed by atoms with Gasteiger partial charge in [-0.1, -0.05) is 20.8 Å². The van der Waals surface area contributed by atoms with Gasteiger partial charge in [-0.05, 0) is 59.8 Å². The maximum Gasteiger partial charge on any atom is 0.408 e. The minimum Gasteiger partial charge on any atom is -0.467 e. The van der Waals surface area contributed by atoms with Crippen LogP contribution in [0.4, 0.5) is 4.79 Å². The highest BCUT2D eigenvalue weighted by Gasteiger charge is 2.44. The molecule has 0 unspecified atom stereocenters. The number of likely N-dealkylation sites (tertiary alicyclic amines) is 1. The van der Waals surface area contributed by atoms with Crippen molar-refractivity contribution in [1.82, 2.24) is 20.9 Å². The molecule has 0 aromatic rings. The van der Waals surface area contributed by atoms with Crippen LogP contribution in [0.25, 0.3) is 0 Å². The molecule has 200 valence electrons. The highest BCUT2D eigenvalue weighted by Crippen LogP contribution is 2.24. The lowest BCUT2D eigenvalue weighted by Gasteiger charge is -2.36. The molecule has 0 aliphatic carbocycles. The second kappa shape index (κ2) is 12.2. The van der Waals surface area contributed by atoms with Crippen molar-refractivity contribution in [3.8, 4) is 0 Å². The first-order valence-electron chi connectivity index (χ1n) is 12.1. The minimum atomic E-state index is -1.29. The SMILES string of the molecule is CC[C@@](C)(NC(=O)[C@@H](NC(=O)[C@H](C)NC(=O)OC(C)(C)C)C(C)C)C(=O)N1CCC[C@H]1C(=O)OC. The first kappa shape index (κ1) is 30.2. The van der Waals surface area contributed by atoms with Gasteiger partial charge in [0, 0.05) is 6.54 Å². The first-order valence-corrected chi connectivity index (χ1v) is 12.1. The number of methoxy groups -OCH3 is 1. The van der Waals surface area contributed by atoms with E-state index in [4.69, 9.17) is 9.47 Å². The molecule has 1 rings (SSSR count). The van der Waals surface area contributed by atoms with Crippen LogP contribution in [0.1, 0.15) is 74.7 Å². The molecule has 1 fully saturated rings. The van der Waals surface area contributed by atoms with E-state index in [9.17, 15) is 24.0 Å². The molecule has 4 atom stereocenters. The Balaban J connectivity index is 2.93. The number of rotatable bonds is 9. The average Bonchev–Trinajstić information content (AvgIpc) is 3.23. The van der Waals surface area contributed by atoms with Gasteiger partial charge in [-0.25, -0.2) is 9.59 Å². The van der Waals surface area contributed by atoms with Gasteiger partial charge >= 0.3 is 12.1 Å². The summed E-state index contributed by atoms with van der Waals surface area (Å²) in [5, 5.41) is 7.89. The second-order valence-electron chi connectivity index (χ2n) is 10.5. The summed E-state index contributed by atoms with van der Waals surface area (Å²) >= 11 is 0. The standard InChI is InChI=1S/C24H42N4O7/c1-10-24(8,21(32)28-13-11-12-16(28)20(31)34-9)27-19(30)17(14(2)3)26-18(29)15(4)25-22(33)35-23(5,6)7/h14-17H,10-13H2,1-9H3,(H,25,33)(H,26,29)(H,27,30)/t15-,16-,17-,24+/m0/s1. The number of amides is 4. The fourth-order valence-electron chi connectivity index (χ4n) is 3.71. The van der Waals surface area contributed by atoms with Crippen LogP contribution in [0.5, 0.6) is 0 Å². The summed E-state index contributed by atoms with van der Waals surface area (Å²) in [6, 6.07) is -2.60. The zero-order chi connectivity index (χ0) is 27.1. The molecule has 35 heavy (non-hydrogen) atoms. The van der Waals surface area contributed by atoms with Gasteiger partial charge < -0.3 is 30.3 Å². The number of carbonyl (C=O) groups is 5. The number of carbonyl (C=O) groups excluding carboxylic acids is 5. The zero-order valence-corrected chi connectivity index (χ0v) is 22.4. The van der Waals surface area contributed by atoms with Crippen molar-refractivity contribution in [3.63, 3.8) is 0 Å². The lowest BCUT2D eigenvalue weighted by Crippen LogP contribution is -2.63. The summed E-state index contributed by atoms with van der Waals surface area (Å²) < 4.78 is 9.99. The highest BCUT2D eigenvalue weighted by molar-refractivity contribution is 5.97. The molecule has 0 saturated carbocycles. The van der Waals surface area contributed by atoms with E-state index in [1.807, 2.05) is 0 Å². The molecule has 0 aromatic heterocycles. The van der Waals surface area contributed by atoms with Crippen molar-refractivity contribution in [3.05, 3.63) is 0 Å². The summed E-state index contributed by atoms with van der Waals surface area (Å²) in [4.78, 5) is 64.8. The number of esters is 1. The van der Waals surface area contributed by atoms with E-state index in [0.717, 1.165) is 0 Å². The summed E-state index contributed by atoms with van der Waals surface area (Å²) in [6.07, 6.45) is 0.684. The van der Waals surface area contributed by atoms with Gasteiger partial charge in [0.1, 0.15) is 29.3 Å². The molecule has 4 amide bonds. The van der Waals surface area contributed by atoms with Gasteiger partial charge in [-0.2, -0.15) is 0 Å². The lowest BCUT2D eigenvalue weighted by atomic mass is 9.94. The number of nitrogens with zero attached hydrogens (tertiary/aromatic N) is 1. The molecular weight excluding hydrogens is 456 g/mol. The summed E-state index contributed by atoms with van der Waals surface area (Å²) in [5.74, 6) is -2.28. The Morgan fingerprint density at radius 1 is 1.00 bits per heavy atom. The minimum absolute atomic E-state index is 0.275. The first-order chi connectivity index (χ1) is 16.1. The average molecular weight is 499 g/mol. The smallest absolute Gasteiger partial charge is 0.408 e. The fraction of sp³-hybridized carbons (Fsp3) is 0.792. The molecule has 0 spiro atoms. The van der Waals surface area contributed by atoms with Crippen molar-refractivity contribution >= 4 is 29.8 Å². The van der Waals surface area contributed by atoms with Gasteiger partial charge in [0.2, 0.25) is 17.7 Å². The molecule has 1 saturated heterocycles. The molecule has 1 aliphatic rings. The number of nitrogens with one attached hydrogen (secondary N) is 3. The normalized spacial score (nSPS) is 19.3. The van der Waals surface area contributed by atoms with Crippen LogP contribution in [0, 0.1) is 5.92 Å². The number of hydrogen-bond acceptors (Lipinski definition) is 7. The Morgan fingerprint density at radius 2 is 1.60 bits per heavy atom. The van der Waals surface area contributed by atoms with Crippen molar-refractivity contribution < 1.29 is 33.4 Å². The van der Waals surface area contributed by atoms with Crippen LogP contribution in [-0.2, 0) is 28.7 Å². The van der Waals surface area contributed by atoms with E-state index in [1.165, 1.54) is 18.9 Å². The van der Waals surface area contributed by atoms with E-state index in [-0.39, 0.29) is 18.2 Å². The van der Waals surface area contributed by atoms with Crippen molar-refractivity contribution in [2.75, 3.05) is 13.7 Å². The molecule has 0 bridgehead atoms. The Bertz CT molecular complexity index is 808. The van der Waals surface area contributed by atoms with Gasteiger partial charge in [-0.15, -0.1) is 0 Å². The number of alkyl carbamates (subject to hydrolysis) is 1. The number of hydrogen-bond donors (Lipinski definition) is 3. The molecule has 11 heteroatoms. The predicted octanol–water partition coefficient (Wildman–Crippen LogP) is 1.49. The van der Waals surface area contributed by atoms with Crippen LogP contribution >= 0.6 is 0 Å². The van der Waals surface area contributed by atoms with Crippen molar-refractivity contribution in [1.29, 1.82) is 0 Å². The Labute approximate surface area is 208 Å². The van der Waals surface area contributed by atoms with E-state index in [0.29, 0.717) is 19.4 Å². The van der Waals surface area contributed by atoms with E-state index >= 15 is 0 Å². The molecular formula is C24H42N4O7. The molecule has 0 aromatic carbocycles. The number of ether oxygens (including phenoxy) is 2. The molecule has 11 nitrogen and oxygen atoms in total. The van der Waals surface area contributed by atoms with Crippen LogP contribution in [0.2, 0.25) is 0 Å². The molecule has 1 heterocycles. The molecule has 1 aliphatic heterocycles. The maximum absolute atomic E-state index is 13.4. The summed E-state index contributed by atoms with van der Waals surface area (Å²) in [5.41, 5.74) is -2.01. The van der Waals surface area contributed by atoms with Gasteiger partial charge in [0.25, 0.3) is 0 Å². The van der Waals surface area contributed by atoms with E-state index < -0.39 is 53.1 Å². The predicted molar refractivity (Wildman–Crippen MR) is 129 cm³/mol. The fourth-order valence-corrected chi connectivity index (χ4v) is 3.71. The molecule has 0 radical (unpaired) electrons. The topological polar surface area (TPSA) is 143 Å². The van der Waals surface area contributed by atoms with Crippen LogP contribution in [-0.4, -0.2) is 77.6 Å². The zero-order valence-electron chi connectivity index (χ0n) is 22.4. The van der Waals surface area contributed by atoms with E-state index in [2.05, 4.69) is 16.0 Å². The quantitative estimate of drug-likeness (QED) is 0.409. The van der Waals surface area contributed by atoms with Gasteiger partial charge in [0.05, 0.1) is 7.11 Å². The third-order valence-electron chi connectivity index (χ3n) is 5.94. The summed E-state index contributed by atoms with van der Waals surface area (Å²) in [6.45, 7) is 13.9. The van der Waals surface area contributed by atoms with Crippen LogP contribution < -0.4 is 16.0 Å². The third kappa shape index (κ3) is 8.40. The molecule has 3 N–H and O–H groups in total. The monoisotopic (exact) mass is 498 g/mol. The largest absolute Gasteiger partial charge is 0.467 e. The van der Waals surface area contributed by atoms with Gasteiger partial charge in [-0.3, -0.25) is 14.4 Å². The third-order valence-corrected chi connectivity index (χ3v) is 5.94. The van der Waals surface area contributed by atoms with Crippen molar-refractivity contribution in [2.24, 2.45) is 5.92 Å². The Morgan fingerprint density at radius 3 is 2.09 bits per heavy atom. The second-order valence-corrected chi connectivity index (χ2v) is 10.5. The highest BCUT2D eigenvalue weighted by atomic mass is 16.6. The van der Waals surface area contributed by atoms with Crippen molar-refractivity contribution in [2.45, 2.75) is 104 Å². The van der Waals surface area contributed by atoms with Crippen LogP contribution in [0.3, 0.4) is 0 Å². The van der Waals surface area contributed by atoms with Crippen LogP contribution in [0.15, 0.2) is 0 Å². The Kier molecular flexibility index (Phi) is 10.5. The lowest BCUT2D eigenvalue weighted by molar-refractivity contribution is -0.154. The summed E-state index contributed by atoms with van der Waals surface area (Å²) in [7, 11) is 1.28. The van der Waals surface area contributed by atoms with E-state index in [1.54, 1.807) is 48.5 Å². The van der Waals surface area contributed by atoms with Gasteiger partial charge in [0.15, 0.2) is 0 Å². The Hall–Kier alpha value is -2.85.